The van der Waals surface area contributed by atoms with E-state index in [9.17, 15) is 4.79 Å². The van der Waals surface area contributed by atoms with Gasteiger partial charge in [0.15, 0.2) is 5.78 Å². The molecule has 13 heavy (non-hydrogen) atoms. The van der Waals surface area contributed by atoms with Gasteiger partial charge in [-0.05, 0) is 13.0 Å². The summed E-state index contributed by atoms with van der Waals surface area (Å²) < 4.78 is 1.73. The van der Waals surface area contributed by atoms with E-state index in [0.717, 1.165) is 6.54 Å². The molecule has 0 aliphatic rings. The molecule has 0 fully saturated rings. The Bertz CT molecular complexity index is 307. The van der Waals surface area contributed by atoms with Crippen LogP contribution in [0, 0.1) is 5.41 Å². The first kappa shape index (κ1) is 9.96. The molecule has 0 spiro atoms. The molecule has 1 rings (SSSR count). The summed E-state index contributed by atoms with van der Waals surface area (Å²) in [5.41, 5.74) is 0.377. The van der Waals surface area contributed by atoms with Crippen LogP contribution in [0.5, 0.6) is 0 Å². The number of hydrogen-bond donors (Lipinski definition) is 0. The monoisotopic (exact) mass is 180 g/mol. The molecule has 0 bridgehead atoms. The van der Waals surface area contributed by atoms with Crippen molar-refractivity contribution < 1.29 is 4.79 Å². The fourth-order valence-electron chi connectivity index (χ4n) is 1.16. The smallest absolute Gasteiger partial charge is 0.186 e. The number of hydrogen-bond acceptors (Lipinski definition) is 2. The molecular formula is C10H16N2O. The second-order valence-corrected chi connectivity index (χ2v) is 4.11. The van der Waals surface area contributed by atoms with E-state index in [-0.39, 0.29) is 11.2 Å². The van der Waals surface area contributed by atoms with Crippen LogP contribution in [-0.4, -0.2) is 15.6 Å². The highest BCUT2D eigenvalue weighted by atomic mass is 16.1. The lowest BCUT2D eigenvalue weighted by Crippen LogP contribution is -2.23. The van der Waals surface area contributed by atoms with Crippen LogP contribution < -0.4 is 0 Å². The Morgan fingerprint density at radius 1 is 1.54 bits per heavy atom. The summed E-state index contributed by atoms with van der Waals surface area (Å²) in [5, 5.41) is 4.07. The van der Waals surface area contributed by atoms with Gasteiger partial charge in [0.1, 0.15) is 5.69 Å². The van der Waals surface area contributed by atoms with Crippen LogP contribution in [0.1, 0.15) is 38.2 Å². The normalized spacial score (nSPS) is 11.7. The summed E-state index contributed by atoms with van der Waals surface area (Å²) in [6, 6.07) is 1.77. The number of aromatic nitrogens is 2. The van der Waals surface area contributed by atoms with Gasteiger partial charge in [0, 0.05) is 18.2 Å². The summed E-state index contributed by atoms with van der Waals surface area (Å²) in [6.45, 7) is 8.48. The highest BCUT2D eigenvalue weighted by Gasteiger charge is 2.25. The minimum Gasteiger partial charge on any atom is -0.292 e. The number of rotatable bonds is 2. The highest BCUT2D eigenvalue weighted by Crippen LogP contribution is 2.20. The standard InChI is InChI=1S/C10H16N2O/c1-5-12-8(6-7-11-12)9(13)10(2,3)4/h6-7H,5H2,1-4H3. The molecular weight excluding hydrogens is 164 g/mol. The number of carbonyl (C=O) groups excluding carboxylic acids is 1. The summed E-state index contributed by atoms with van der Waals surface area (Å²) in [6.07, 6.45) is 1.67. The predicted octanol–water partition coefficient (Wildman–Crippen LogP) is 2.13. The van der Waals surface area contributed by atoms with Crippen LogP contribution in [0.4, 0.5) is 0 Å². The maximum Gasteiger partial charge on any atom is 0.186 e. The first-order chi connectivity index (χ1) is 5.96. The van der Waals surface area contributed by atoms with Crippen LogP contribution in [0.3, 0.4) is 0 Å². The van der Waals surface area contributed by atoms with E-state index < -0.39 is 0 Å². The summed E-state index contributed by atoms with van der Waals surface area (Å²) in [4.78, 5) is 11.8. The van der Waals surface area contributed by atoms with Crippen LogP contribution in [0.15, 0.2) is 12.3 Å². The molecule has 1 aromatic rings. The molecule has 0 aliphatic carbocycles. The molecule has 0 aliphatic heterocycles. The summed E-state index contributed by atoms with van der Waals surface area (Å²) in [5.74, 6) is 0.145. The van der Waals surface area contributed by atoms with E-state index in [4.69, 9.17) is 0 Å². The quantitative estimate of drug-likeness (QED) is 0.653. The molecule has 0 unspecified atom stereocenters. The average molecular weight is 180 g/mol. The minimum absolute atomic E-state index is 0.145. The molecule has 3 nitrogen and oxygen atoms in total. The Morgan fingerprint density at radius 2 is 2.15 bits per heavy atom. The van der Waals surface area contributed by atoms with E-state index in [1.807, 2.05) is 27.7 Å². The zero-order valence-electron chi connectivity index (χ0n) is 8.66. The Morgan fingerprint density at radius 3 is 2.62 bits per heavy atom. The van der Waals surface area contributed by atoms with E-state index in [2.05, 4.69) is 5.10 Å². The van der Waals surface area contributed by atoms with E-state index in [1.165, 1.54) is 0 Å². The van der Waals surface area contributed by atoms with Crippen molar-refractivity contribution in [2.75, 3.05) is 0 Å². The first-order valence-electron chi connectivity index (χ1n) is 4.53. The molecule has 0 aromatic carbocycles. The zero-order valence-corrected chi connectivity index (χ0v) is 8.66. The Kier molecular flexibility index (Phi) is 2.55. The third-order valence-corrected chi connectivity index (χ3v) is 1.93. The number of aryl methyl sites for hydroxylation is 1. The molecule has 72 valence electrons. The maximum atomic E-state index is 11.8. The van der Waals surface area contributed by atoms with Crippen molar-refractivity contribution in [2.45, 2.75) is 34.2 Å². The lowest BCUT2D eigenvalue weighted by atomic mass is 9.89. The van der Waals surface area contributed by atoms with Gasteiger partial charge in [-0.15, -0.1) is 0 Å². The van der Waals surface area contributed by atoms with Crippen LogP contribution >= 0.6 is 0 Å². The van der Waals surface area contributed by atoms with E-state index in [0.29, 0.717) is 5.69 Å². The maximum absolute atomic E-state index is 11.8. The lowest BCUT2D eigenvalue weighted by molar-refractivity contribution is 0.0846. The predicted molar refractivity (Wildman–Crippen MR) is 51.7 cm³/mol. The average Bonchev–Trinajstić information content (AvgIpc) is 2.48. The minimum atomic E-state index is -0.326. The highest BCUT2D eigenvalue weighted by molar-refractivity contribution is 5.98. The van der Waals surface area contributed by atoms with Crippen molar-refractivity contribution in [3.8, 4) is 0 Å². The molecule has 0 amide bonds. The SMILES string of the molecule is CCn1nccc1C(=O)C(C)(C)C. The van der Waals surface area contributed by atoms with Gasteiger partial charge in [0.05, 0.1) is 0 Å². The van der Waals surface area contributed by atoms with Gasteiger partial charge < -0.3 is 0 Å². The molecule has 1 aromatic heterocycles. The van der Waals surface area contributed by atoms with E-state index >= 15 is 0 Å². The topological polar surface area (TPSA) is 34.9 Å². The molecule has 0 N–H and O–H groups in total. The molecule has 1 heterocycles. The molecule has 0 atom stereocenters. The van der Waals surface area contributed by atoms with Crippen molar-refractivity contribution in [2.24, 2.45) is 5.41 Å². The van der Waals surface area contributed by atoms with Gasteiger partial charge in [0.2, 0.25) is 0 Å². The van der Waals surface area contributed by atoms with Gasteiger partial charge >= 0.3 is 0 Å². The van der Waals surface area contributed by atoms with Gasteiger partial charge in [-0.2, -0.15) is 5.10 Å². The van der Waals surface area contributed by atoms with Crippen molar-refractivity contribution in [1.29, 1.82) is 0 Å². The van der Waals surface area contributed by atoms with Gasteiger partial charge in [-0.25, -0.2) is 0 Å². The summed E-state index contributed by atoms with van der Waals surface area (Å²) >= 11 is 0. The largest absolute Gasteiger partial charge is 0.292 e. The second-order valence-electron chi connectivity index (χ2n) is 4.11. The Balaban J connectivity index is 3.02. The summed E-state index contributed by atoms with van der Waals surface area (Å²) in [7, 11) is 0. The third-order valence-electron chi connectivity index (χ3n) is 1.93. The lowest BCUT2D eigenvalue weighted by Gasteiger charge is -2.16. The van der Waals surface area contributed by atoms with Crippen molar-refractivity contribution >= 4 is 5.78 Å². The third kappa shape index (κ3) is 1.97. The van der Waals surface area contributed by atoms with Crippen LogP contribution in [0.25, 0.3) is 0 Å². The van der Waals surface area contributed by atoms with E-state index in [1.54, 1.807) is 16.9 Å². The van der Waals surface area contributed by atoms with Gasteiger partial charge in [-0.3, -0.25) is 9.48 Å². The van der Waals surface area contributed by atoms with Crippen molar-refractivity contribution in [3.63, 3.8) is 0 Å². The Hall–Kier alpha value is -1.12. The zero-order chi connectivity index (χ0) is 10.1. The second kappa shape index (κ2) is 3.32. The number of ketones is 1. The Labute approximate surface area is 78.8 Å². The molecule has 0 saturated heterocycles. The molecule has 3 heteroatoms. The molecule has 0 saturated carbocycles. The van der Waals surface area contributed by atoms with Crippen molar-refractivity contribution in [3.05, 3.63) is 18.0 Å². The van der Waals surface area contributed by atoms with Crippen LogP contribution in [-0.2, 0) is 6.54 Å². The van der Waals surface area contributed by atoms with Gasteiger partial charge in [0.25, 0.3) is 0 Å². The number of nitrogens with zero attached hydrogens (tertiary/aromatic N) is 2. The number of carbonyl (C=O) groups is 1. The first-order valence-corrected chi connectivity index (χ1v) is 4.53. The molecule has 0 radical (unpaired) electrons. The van der Waals surface area contributed by atoms with Crippen molar-refractivity contribution in [1.82, 2.24) is 9.78 Å². The van der Waals surface area contributed by atoms with Gasteiger partial charge in [-0.1, -0.05) is 20.8 Å². The fraction of sp³-hybridized carbons (Fsp3) is 0.600. The number of Topliss-reactive ketones (excluding diaryl/α,β-unsaturated/α-hetero) is 1. The fourth-order valence-corrected chi connectivity index (χ4v) is 1.16. The van der Waals surface area contributed by atoms with Crippen LogP contribution in [0.2, 0.25) is 0 Å².